The van der Waals surface area contributed by atoms with Crippen LogP contribution in [0, 0.1) is 0 Å². The molecule has 16 heavy (non-hydrogen) atoms. The van der Waals surface area contributed by atoms with Crippen molar-refractivity contribution in [1.29, 1.82) is 0 Å². The minimum Gasteiger partial charge on any atom is -0.497 e. The molecule has 0 unspecified atom stereocenters. The molecule has 0 spiro atoms. The van der Waals surface area contributed by atoms with E-state index in [9.17, 15) is 4.79 Å². The van der Waals surface area contributed by atoms with E-state index in [4.69, 9.17) is 5.53 Å². The lowest BCUT2D eigenvalue weighted by Crippen LogP contribution is -2.58. The highest BCUT2D eigenvalue weighted by molar-refractivity contribution is 5.96. The molecule has 0 aromatic carbocycles. The van der Waals surface area contributed by atoms with Gasteiger partial charge >= 0.3 is 11.9 Å². The lowest BCUT2D eigenvalue weighted by atomic mass is 10.3. The fraction of sp³-hybridized carbons (Fsp3) is 0.778. The van der Waals surface area contributed by atoms with E-state index < -0.39 is 0 Å². The Kier molecular flexibility index (Phi) is 3.51. The van der Waals surface area contributed by atoms with Gasteiger partial charge in [0.25, 0.3) is 0 Å². The lowest BCUT2D eigenvalue weighted by molar-refractivity contribution is -0.0262. The van der Waals surface area contributed by atoms with Crippen molar-refractivity contribution in [3.8, 4) is 0 Å². The van der Waals surface area contributed by atoms with E-state index in [2.05, 4.69) is 15.4 Å². The maximum atomic E-state index is 12.1. The second kappa shape index (κ2) is 5.07. The van der Waals surface area contributed by atoms with Crippen LogP contribution in [0.15, 0.2) is 0 Å². The number of amides is 2. The number of piperazine rings is 2. The van der Waals surface area contributed by atoms with Crippen LogP contribution in [0.4, 0.5) is 4.79 Å². The Morgan fingerprint density at radius 2 is 1.88 bits per heavy atom. The summed E-state index contributed by atoms with van der Waals surface area (Å²) in [4.78, 5) is 18.6. The SMILES string of the molecule is [N-]=[N+]=C1CNCCN1C(=O)N1CCNCC1. The molecule has 0 atom stereocenters. The second-order valence-corrected chi connectivity index (χ2v) is 3.86. The van der Waals surface area contributed by atoms with Gasteiger partial charge < -0.3 is 25.9 Å². The number of amidine groups is 1. The van der Waals surface area contributed by atoms with E-state index in [1.807, 2.05) is 0 Å². The van der Waals surface area contributed by atoms with Gasteiger partial charge in [-0.15, -0.1) is 0 Å². The van der Waals surface area contributed by atoms with Crippen molar-refractivity contribution >= 4 is 11.9 Å². The largest absolute Gasteiger partial charge is 0.497 e. The first kappa shape index (κ1) is 11.1. The fourth-order valence-corrected chi connectivity index (χ4v) is 1.94. The Labute approximate surface area is 94.0 Å². The smallest absolute Gasteiger partial charge is 0.412 e. The third-order valence-electron chi connectivity index (χ3n) is 2.84. The molecule has 0 radical (unpaired) electrons. The van der Waals surface area contributed by atoms with Crippen molar-refractivity contribution in [3.05, 3.63) is 5.53 Å². The molecule has 0 bridgehead atoms. The molecule has 2 fully saturated rings. The third-order valence-corrected chi connectivity index (χ3v) is 2.84. The molecule has 2 amide bonds. The van der Waals surface area contributed by atoms with E-state index >= 15 is 0 Å². The first-order valence-electron chi connectivity index (χ1n) is 5.52. The Morgan fingerprint density at radius 1 is 1.19 bits per heavy atom. The third kappa shape index (κ3) is 2.21. The molecule has 2 heterocycles. The highest BCUT2D eigenvalue weighted by Gasteiger charge is 2.35. The molecule has 0 aliphatic carbocycles. The fourth-order valence-electron chi connectivity index (χ4n) is 1.94. The molecular formula is C9H16N6O. The van der Waals surface area contributed by atoms with Crippen LogP contribution in [0.2, 0.25) is 0 Å². The highest BCUT2D eigenvalue weighted by Crippen LogP contribution is 2.03. The maximum Gasteiger partial charge on any atom is 0.412 e. The molecule has 2 aliphatic heterocycles. The van der Waals surface area contributed by atoms with Gasteiger partial charge in [0.2, 0.25) is 0 Å². The summed E-state index contributed by atoms with van der Waals surface area (Å²) >= 11 is 0. The minimum atomic E-state index is -0.0594. The summed E-state index contributed by atoms with van der Waals surface area (Å²) in [6, 6.07) is -0.0594. The van der Waals surface area contributed by atoms with Gasteiger partial charge in [-0.25, -0.2) is 4.79 Å². The molecule has 88 valence electrons. The number of hydrogen-bond acceptors (Lipinski definition) is 3. The van der Waals surface area contributed by atoms with Crippen LogP contribution in [0.5, 0.6) is 0 Å². The first-order chi connectivity index (χ1) is 7.83. The average molecular weight is 224 g/mol. The Morgan fingerprint density at radius 3 is 2.56 bits per heavy atom. The van der Waals surface area contributed by atoms with Gasteiger partial charge in [-0.05, 0) is 0 Å². The van der Waals surface area contributed by atoms with E-state index in [-0.39, 0.29) is 6.03 Å². The quantitative estimate of drug-likeness (QED) is 0.390. The van der Waals surface area contributed by atoms with Gasteiger partial charge in [0.15, 0.2) is 0 Å². The summed E-state index contributed by atoms with van der Waals surface area (Å²) in [5.41, 5.74) is 8.83. The van der Waals surface area contributed by atoms with Crippen LogP contribution in [-0.2, 0) is 0 Å². The van der Waals surface area contributed by atoms with Crippen molar-refractivity contribution in [2.45, 2.75) is 0 Å². The van der Waals surface area contributed by atoms with Crippen molar-refractivity contribution in [3.63, 3.8) is 0 Å². The number of nitrogens with zero attached hydrogens (tertiary/aromatic N) is 4. The number of carbonyl (C=O) groups excluding carboxylic acids is 1. The van der Waals surface area contributed by atoms with Crippen LogP contribution in [0.25, 0.3) is 5.53 Å². The average Bonchev–Trinajstić information content (AvgIpc) is 2.39. The van der Waals surface area contributed by atoms with E-state index in [0.29, 0.717) is 32.0 Å². The molecule has 7 heteroatoms. The van der Waals surface area contributed by atoms with Crippen molar-refractivity contribution in [1.82, 2.24) is 20.4 Å². The predicted molar refractivity (Wildman–Crippen MR) is 58.0 cm³/mol. The first-order valence-corrected chi connectivity index (χ1v) is 5.52. The standard InChI is InChI=1S/C9H16N6O/c10-13-8-7-12-3-6-15(8)9(16)14-4-1-11-2-5-14/h11-12H,1-7H2. The molecule has 0 aromatic rings. The van der Waals surface area contributed by atoms with Gasteiger partial charge in [0.05, 0.1) is 0 Å². The summed E-state index contributed by atoms with van der Waals surface area (Å²) in [6.45, 7) is 4.79. The maximum absolute atomic E-state index is 12.1. The van der Waals surface area contributed by atoms with Crippen LogP contribution in [0.1, 0.15) is 0 Å². The highest BCUT2D eigenvalue weighted by atomic mass is 16.2. The number of carbonyl (C=O) groups is 1. The zero-order valence-corrected chi connectivity index (χ0v) is 9.15. The van der Waals surface area contributed by atoms with Crippen LogP contribution in [-0.4, -0.2) is 72.3 Å². The molecule has 0 saturated carbocycles. The number of nitrogens with one attached hydrogen (secondary N) is 2. The summed E-state index contributed by atoms with van der Waals surface area (Å²) < 4.78 is 0. The van der Waals surface area contributed by atoms with Crippen LogP contribution in [0.3, 0.4) is 0 Å². The summed E-state index contributed by atoms with van der Waals surface area (Å²) in [7, 11) is 0. The summed E-state index contributed by atoms with van der Waals surface area (Å²) in [6.07, 6.45) is 0. The molecule has 7 nitrogen and oxygen atoms in total. The summed E-state index contributed by atoms with van der Waals surface area (Å²) in [5, 5.41) is 6.25. The molecular weight excluding hydrogens is 208 g/mol. The zero-order chi connectivity index (χ0) is 11.4. The molecule has 2 saturated heterocycles. The van der Waals surface area contributed by atoms with Crippen molar-refractivity contribution in [2.75, 3.05) is 45.8 Å². The van der Waals surface area contributed by atoms with Gasteiger partial charge in [-0.1, -0.05) is 0 Å². The Bertz CT molecular complexity index is 318. The zero-order valence-electron chi connectivity index (χ0n) is 9.15. The van der Waals surface area contributed by atoms with Gasteiger partial charge in [0, 0.05) is 32.7 Å². The van der Waals surface area contributed by atoms with Gasteiger partial charge in [-0.2, -0.15) is 4.90 Å². The van der Waals surface area contributed by atoms with Crippen LogP contribution < -0.4 is 10.6 Å². The predicted octanol–water partition coefficient (Wildman–Crippen LogP) is -1.45. The number of urea groups is 1. The second-order valence-electron chi connectivity index (χ2n) is 3.86. The summed E-state index contributed by atoms with van der Waals surface area (Å²) in [5.74, 6) is 0.398. The normalized spacial score (nSPS) is 21.9. The Balaban J connectivity index is 2.04. The molecule has 0 aromatic heterocycles. The minimum absolute atomic E-state index is 0.0594. The number of rotatable bonds is 0. The van der Waals surface area contributed by atoms with Gasteiger partial charge in [-0.3, -0.25) is 0 Å². The topological polar surface area (TPSA) is 84.0 Å². The van der Waals surface area contributed by atoms with Crippen LogP contribution >= 0.6 is 0 Å². The lowest BCUT2D eigenvalue weighted by Gasteiger charge is -2.30. The van der Waals surface area contributed by atoms with Crippen molar-refractivity contribution in [2.24, 2.45) is 0 Å². The molecule has 2 rings (SSSR count). The van der Waals surface area contributed by atoms with E-state index in [1.54, 1.807) is 9.80 Å². The van der Waals surface area contributed by atoms with E-state index in [0.717, 1.165) is 19.6 Å². The van der Waals surface area contributed by atoms with E-state index in [1.165, 1.54) is 0 Å². The Hall–Kier alpha value is -1.43. The van der Waals surface area contributed by atoms with Crippen molar-refractivity contribution < 1.29 is 9.58 Å². The number of hydrogen-bond donors (Lipinski definition) is 2. The molecule has 2 aliphatic rings. The van der Waals surface area contributed by atoms with Gasteiger partial charge in [0.1, 0.15) is 13.1 Å². The monoisotopic (exact) mass is 224 g/mol. The molecule has 2 N–H and O–H groups in total.